The molecule has 2 aliphatic rings. The highest BCUT2D eigenvalue weighted by atomic mass is 79.9. The molecule has 24 heavy (non-hydrogen) atoms. The smallest absolute Gasteiger partial charge is 0.262 e. The molecule has 0 saturated carbocycles. The number of aromatic amines is 1. The summed E-state index contributed by atoms with van der Waals surface area (Å²) in [6, 6.07) is 3.57. The van der Waals surface area contributed by atoms with Crippen molar-refractivity contribution < 1.29 is 18.9 Å². The number of aromatic nitrogens is 2. The quantitative estimate of drug-likeness (QED) is 0.845. The standard InChI is InChI=1S/C16H17BrN2O5/c1-2-23-15-5-21-7-16(15,8-22-6-15)24-11-4-3-10(17)13-12(11)14(20)19-9-18-13/h3-4,9H,2,5-8H2,1H3,(H,18,19,20). The van der Waals surface area contributed by atoms with E-state index >= 15 is 0 Å². The van der Waals surface area contributed by atoms with Gasteiger partial charge in [-0.05, 0) is 35.0 Å². The zero-order chi connectivity index (χ0) is 16.8. The van der Waals surface area contributed by atoms with Gasteiger partial charge >= 0.3 is 0 Å². The van der Waals surface area contributed by atoms with Crippen molar-refractivity contribution in [2.24, 2.45) is 0 Å². The molecule has 0 spiro atoms. The Kier molecular flexibility index (Phi) is 3.87. The summed E-state index contributed by atoms with van der Waals surface area (Å²) in [5, 5.41) is 0.394. The maximum absolute atomic E-state index is 12.3. The van der Waals surface area contributed by atoms with E-state index in [1.165, 1.54) is 6.33 Å². The van der Waals surface area contributed by atoms with E-state index in [9.17, 15) is 4.79 Å². The number of fused-ring (bicyclic) bond motifs is 2. The minimum Gasteiger partial charge on any atom is -0.478 e. The predicted octanol–water partition coefficient (Wildman–Crippen LogP) is 1.64. The van der Waals surface area contributed by atoms with Gasteiger partial charge in [-0.15, -0.1) is 0 Å². The van der Waals surface area contributed by atoms with E-state index in [1.807, 2.05) is 13.0 Å². The molecule has 0 bridgehead atoms. The molecule has 2 aromatic rings. The van der Waals surface area contributed by atoms with Crippen LogP contribution in [0.15, 0.2) is 27.7 Å². The fourth-order valence-corrected chi connectivity index (χ4v) is 3.86. The summed E-state index contributed by atoms with van der Waals surface area (Å²) >= 11 is 3.42. The molecule has 4 rings (SSSR count). The van der Waals surface area contributed by atoms with Gasteiger partial charge in [0.2, 0.25) is 0 Å². The summed E-state index contributed by atoms with van der Waals surface area (Å²) in [6.07, 6.45) is 1.37. The Hall–Kier alpha value is -1.48. The van der Waals surface area contributed by atoms with Gasteiger partial charge in [0, 0.05) is 11.1 Å². The molecule has 1 N–H and O–H groups in total. The van der Waals surface area contributed by atoms with Gasteiger partial charge in [0.1, 0.15) is 11.1 Å². The van der Waals surface area contributed by atoms with Gasteiger partial charge in [-0.25, -0.2) is 4.98 Å². The van der Waals surface area contributed by atoms with Crippen molar-refractivity contribution in [2.75, 3.05) is 33.0 Å². The van der Waals surface area contributed by atoms with Crippen LogP contribution >= 0.6 is 15.9 Å². The Balaban J connectivity index is 1.82. The van der Waals surface area contributed by atoms with Crippen molar-refractivity contribution in [3.05, 3.63) is 33.3 Å². The number of halogens is 1. The third-order valence-electron chi connectivity index (χ3n) is 4.60. The Morgan fingerprint density at radius 1 is 1.25 bits per heavy atom. The van der Waals surface area contributed by atoms with E-state index in [1.54, 1.807) is 6.07 Å². The summed E-state index contributed by atoms with van der Waals surface area (Å²) in [6.45, 7) is 3.97. The lowest BCUT2D eigenvalue weighted by Crippen LogP contribution is -2.58. The van der Waals surface area contributed by atoms with E-state index < -0.39 is 11.2 Å². The van der Waals surface area contributed by atoms with E-state index in [-0.39, 0.29) is 5.56 Å². The highest BCUT2D eigenvalue weighted by Crippen LogP contribution is 2.43. The lowest BCUT2D eigenvalue weighted by molar-refractivity contribution is -0.109. The van der Waals surface area contributed by atoms with Crippen LogP contribution in [0.2, 0.25) is 0 Å². The average molecular weight is 397 g/mol. The number of nitrogens with one attached hydrogen (secondary N) is 1. The molecule has 1 aromatic heterocycles. The summed E-state index contributed by atoms with van der Waals surface area (Å²) < 4.78 is 24.4. The van der Waals surface area contributed by atoms with Gasteiger partial charge < -0.3 is 23.9 Å². The Bertz CT molecular complexity index is 827. The molecule has 2 saturated heterocycles. The molecule has 1 aromatic carbocycles. The maximum atomic E-state index is 12.3. The first-order valence-corrected chi connectivity index (χ1v) is 8.54. The van der Waals surface area contributed by atoms with Crippen molar-refractivity contribution in [3.8, 4) is 5.75 Å². The molecule has 0 amide bonds. The van der Waals surface area contributed by atoms with Crippen molar-refractivity contribution in [1.29, 1.82) is 0 Å². The van der Waals surface area contributed by atoms with E-state index in [0.29, 0.717) is 49.7 Å². The Labute approximate surface area is 146 Å². The van der Waals surface area contributed by atoms with Crippen molar-refractivity contribution in [2.45, 2.75) is 18.1 Å². The molecule has 2 fully saturated rings. The van der Waals surface area contributed by atoms with Gasteiger partial charge in [-0.2, -0.15) is 0 Å². The second kappa shape index (κ2) is 5.80. The first-order chi connectivity index (χ1) is 11.6. The van der Waals surface area contributed by atoms with Crippen LogP contribution in [0.4, 0.5) is 0 Å². The number of ether oxygens (including phenoxy) is 4. The van der Waals surface area contributed by atoms with Crippen LogP contribution in [0.5, 0.6) is 5.75 Å². The minimum absolute atomic E-state index is 0.257. The molecule has 0 atom stereocenters. The number of hydrogen-bond donors (Lipinski definition) is 1. The molecule has 8 heteroatoms. The lowest BCUT2D eigenvalue weighted by atomic mass is 9.89. The molecule has 0 unspecified atom stereocenters. The third kappa shape index (κ3) is 2.21. The SMILES string of the molecule is CCOC12COCC1(Oc1ccc(Br)c3nc[nH]c(=O)c13)COC2. The van der Waals surface area contributed by atoms with Crippen LogP contribution < -0.4 is 10.3 Å². The molecule has 0 radical (unpaired) electrons. The van der Waals surface area contributed by atoms with Crippen molar-refractivity contribution in [3.63, 3.8) is 0 Å². The minimum atomic E-state index is -0.772. The first kappa shape index (κ1) is 16.0. The summed E-state index contributed by atoms with van der Waals surface area (Å²) in [4.78, 5) is 19.2. The predicted molar refractivity (Wildman–Crippen MR) is 89.4 cm³/mol. The number of H-pyrrole nitrogens is 1. The van der Waals surface area contributed by atoms with Crippen LogP contribution in [0.3, 0.4) is 0 Å². The molecule has 128 valence electrons. The molecular weight excluding hydrogens is 380 g/mol. The van der Waals surface area contributed by atoms with Crippen LogP contribution in [-0.2, 0) is 14.2 Å². The summed E-state index contributed by atoms with van der Waals surface area (Å²) in [7, 11) is 0. The lowest BCUT2D eigenvalue weighted by Gasteiger charge is -2.36. The molecular formula is C16H17BrN2O5. The van der Waals surface area contributed by atoms with Gasteiger partial charge in [-0.3, -0.25) is 4.79 Å². The second-order valence-electron chi connectivity index (χ2n) is 6.01. The Morgan fingerprint density at radius 3 is 2.67 bits per heavy atom. The largest absolute Gasteiger partial charge is 0.478 e. The van der Waals surface area contributed by atoms with Crippen LogP contribution in [0.25, 0.3) is 10.9 Å². The van der Waals surface area contributed by atoms with Crippen molar-refractivity contribution >= 4 is 26.8 Å². The zero-order valence-electron chi connectivity index (χ0n) is 13.1. The monoisotopic (exact) mass is 396 g/mol. The average Bonchev–Trinajstić information content (AvgIpc) is 3.05. The second-order valence-corrected chi connectivity index (χ2v) is 6.86. The molecule has 7 nitrogen and oxygen atoms in total. The summed E-state index contributed by atoms with van der Waals surface area (Å²) in [5.41, 5.74) is -1.14. The van der Waals surface area contributed by atoms with Crippen molar-refractivity contribution in [1.82, 2.24) is 9.97 Å². The number of nitrogens with zero attached hydrogens (tertiary/aromatic N) is 1. The van der Waals surface area contributed by atoms with Gasteiger partial charge in [0.25, 0.3) is 5.56 Å². The van der Waals surface area contributed by atoms with Gasteiger partial charge in [0.05, 0.1) is 38.3 Å². The molecule has 3 heterocycles. The van der Waals surface area contributed by atoms with E-state index in [4.69, 9.17) is 18.9 Å². The number of rotatable bonds is 4. The Morgan fingerprint density at radius 2 is 1.96 bits per heavy atom. The van der Waals surface area contributed by atoms with Gasteiger partial charge in [0.15, 0.2) is 11.2 Å². The number of hydrogen-bond acceptors (Lipinski definition) is 6. The molecule has 2 aliphatic heterocycles. The van der Waals surface area contributed by atoms with Crippen LogP contribution in [-0.4, -0.2) is 54.2 Å². The first-order valence-electron chi connectivity index (χ1n) is 7.75. The summed E-state index contributed by atoms with van der Waals surface area (Å²) in [5.74, 6) is 0.447. The van der Waals surface area contributed by atoms with E-state index in [0.717, 1.165) is 4.47 Å². The van der Waals surface area contributed by atoms with Crippen LogP contribution in [0, 0.1) is 0 Å². The topological polar surface area (TPSA) is 82.7 Å². The van der Waals surface area contributed by atoms with E-state index in [2.05, 4.69) is 25.9 Å². The highest BCUT2D eigenvalue weighted by Gasteiger charge is 2.64. The van der Waals surface area contributed by atoms with Gasteiger partial charge in [-0.1, -0.05) is 0 Å². The fourth-order valence-electron chi connectivity index (χ4n) is 3.43. The van der Waals surface area contributed by atoms with Crippen LogP contribution in [0.1, 0.15) is 6.92 Å². The zero-order valence-corrected chi connectivity index (χ0v) is 14.7. The third-order valence-corrected chi connectivity index (χ3v) is 5.24. The number of benzene rings is 1. The fraction of sp³-hybridized carbons (Fsp3) is 0.500. The maximum Gasteiger partial charge on any atom is 0.262 e. The highest BCUT2D eigenvalue weighted by molar-refractivity contribution is 9.10. The molecule has 0 aliphatic carbocycles. The normalized spacial score (nSPS) is 29.1.